The first-order valence-electron chi connectivity index (χ1n) is 11.8. The van der Waals surface area contributed by atoms with Gasteiger partial charge in [0.05, 0.1) is 5.69 Å². The van der Waals surface area contributed by atoms with Crippen LogP contribution in [0, 0.1) is 18.3 Å². The van der Waals surface area contributed by atoms with Crippen molar-refractivity contribution in [1.29, 1.82) is 5.41 Å². The Balaban J connectivity index is 0.000000504. The molecule has 0 aliphatic carbocycles. The summed E-state index contributed by atoms with van der Waals surface area (Å²) >= 11 is 0. The number of hydrogen-bond acceptors (Lipinski definition) is 4. The van der Waals surface area contributed by atoms with Crippen molar-refractivity contribution in [3.05, 3.63) is 29.4 Å². The van der Waals surface area contributed by atoms with Crippen molar-refractivity contribution >= 4 is 11.6 Å². The smallest absolute Gasteiger partial charge is 0.220 e. The second-order valence-electron chi connectivity index (χ2n) is 9.47. The van der Waals surface area contributed by atoms with Gasteiger partial charge < -0.3 is 21.4 Å². The van der Waals surface area contributed by atoms with Crippen LogP contribution in [0.2, 0.25) is 0 Å². The minimum atomic E-state index is -1.06. The Kier molecular flexibility index (Phi) is 14.7. The van der Waals surface area contributed by atoms with Gasteiger partial charge in [-0.2, -0.15) is 0 Å². The Labute approximate surface area is 194 Å². The molecule has 1 aromatic rings. The van der Waals surface area contributed by atoms with Gasteiger partial charge in [0.25, 0.3) is 0 Å². The molecule has 0 spiro atoms. The normalized spacial score (nSPS) is 17.3. The van der Waals surface area contributed by atoms with E-state index < -0.39 is 5.67 Å². The van der Waals surface area contributed by atoms with Gasteiger partial charge in [0, 0.05) is 30.9 Å². The monoisotopic (exact) mass is 451 g/mol. The predicted molar refractivity (Wildman–Crippen MR) is 133 cm³/mol. The average molecular weight is 452 g/mol. The van der Waals surface area contributed by atoms with Crippen molar-refractivity contribution in [2.24, 2.45) is 11.7 Å². The zero-order valence-electron chi connectivity index (χ0n) is 21.3. The molecule has 2 atom stereocenters. The Morgan fingerprint density at radius 3 is 2.44 bits per heavy atom. The second kappa shape index (κ2) is 15.7. The first-order chi connectivity index (χ1) is 14.8. The second-order valence-corrected chi connectivity index (χ2v) is 9.47. The van der Waals surface area contributed by atoms with Crippen LogP contribution in [0.15, 0.2) is 17.8 Å². The number of hydrogen-bond donors (Lipinski definition) is 4. The third-order valence-corrected chi connectivity index (χ3v) is 5.19. The van der Waals surface area contributed by atoms with Crippen molar-refractivity contribution in [2.75, 3.05) is 6.54 Å². The van der Waals surface area contributed by atoms with Gasteiger partial charge in [0.1, 0.15) is 11.5 Å². The molecule has 1 aromatic heterocycles. The number of allylic oxidation sites excluding steroid dienone is 2. The van der Waals surface area contributed by atoms with Crippen LogP contribution in [-0.4, -0.2) is 33.8 Å². The fraction of sp³-hybridized carbons (Fsp3) is 0.720. The highest BCUT2D eigenvalue weighted by Gasteiger charge is 2.15. The lowest BCUT2D eigenvalue weighted by Gasteiger charge is -2.17. The standard InChI is InChI=1S/C12H22FN3.C7H13N.C6H11NO/c1-9-15-8-11(16-9)10(14)6-4-5-7-12(2,3)13;1-4-6(2)5-7(3)8;1-5-2-3-6(8)7-4-5/h8,10H,4-7,14H2,1-3H3,(H,15,16);5,8H,4H2,1-3H3;5H,2-4H2,1H3,(H,7,8). The number of alkyl halides is 1. The molecule has 184 valence electrons. The highest BCUT2D eigenvalue weighted by molar-refractivity contribution is 5.90. The summed E-state index contributed by atoms with van der Waals surface area (Å²) in [5.41, 5.74) is 7.82. The number of nitrogens with zero attached hydrogens (tertiary/aromatic N) is 1. The molecular formula is C25H46FN5O. The number of piperidine rings is 1. The van der Waals surface area contributed by atoms with E-state index in [-0.39, 0.29) is 11.9 Å². The van der Waals surface area contributed by atoms with Gasteiger partial charge in [-0.15, -0.1) is 0 Å². The lowest BCUT2D eigenvalue weighted by molar-refractivity contribution is -0.122. The number of aryl methyl sites for hydroxylation is 1. The molecular weight excluding hydrogens is 405 g/mol. The molecule has 0 saturated carbocycles. The first-order valence-corrected chi connectivity index (χ1v) is 11.8. The SMILES string of the molecule is CC1CCC(=O)NC1.CCC(C)=CC(C)=N.Cc1ncc(C(N)CCCCC(C)(C)F)[nH]1. The van der Waals surface area contributed by atoms with Gasteiger partial charge in [-0.05, 0) is 72.3 Å². The molecule has 32 heavy (non-hydrogen) atoms. The van der Waals surface area contributed by atoms with E-state index in [2.05, 4.69) is 29.1 Å². The summed E-state index contributed by atoms with van der Waals surface area (Å²) in [5, 5.41) is 9.84. The van der Waals surface area contributed by atoms with Gasteiger partial charge in [0.2, 0.25) is 5.91 Å². The van der Waals surface area contributed by atoms with Gasteiger partial charge in [-0.25, -0.2) is 9.37 Å². The molecule has 1 aliphatic rings. The fourth-order valence-electron chi connectivity index (χ4n) is 3.02. The maximum Gasteiger partial charge on any atom is 0.220 e. The van der Waals surface area contributed by atoms with Crippen LogP contribution in [0.4, 0.5) is 4.39 Å². The number of rotatable bonds is 8. The summed E-state index contributed by atoms with van der Waals surface area (Å²) in [7, 11) is 0. The maximum atomic E-state index is 13.2. The van der Waals surface area contributed by atoms with Crippen LogP contribution in [0.5, 0.6) is 0 Å². The molecule has 1 amide bonds. The van der Waals surface area contributed by atoms with Crippen LogP contribution in [0.3, 0.4) is 0 Å². The number of H-pyrrole nitrogens is 1. The third-order valence-electron chi connectivity index (χ3n) is 5.19. The number of aromatic nitrogens is 2. The van der Waals surface area contributed by atoms with Gasteiger partial charge in [0.15, 0.2) is 0 Å². The van der Waals surface area contributed by atoms with Crippen LogP contribution in [0.1, 0.15) is 104 Å². The molecule has 2 unspecified atom stereocenters. The van der Waals surface area contributed by atoms with E-state index in [1.807, 2.05) is 19.9 Å². The quantitative estimate of drug-likeness (QED) is 0.290. The largest absolute Gasteiger partial charge is 0.356 e. The maximum absolute atomic E-state index is 13.2. The molecule has 1 aliphatic heterocycles. The van der Waals surface area contributed by atoms with Crippen molar-refractivity contribution in [1.82, 2.24) is 15.3 Å². The van der Waals surface area contributed by atoms with Crippen LogP contribution in [0.25, 0.3) is 0 Å². The minimum Gasteiger partial charge on any atom is -0.356 e. The molecule has 6 nitrogen and oxygen atoms in total. The highest BCUT2D eigenvalue weighted by Crippen LogP contribution is 2.21. The molecule has 2 heterocycles. The zero-order valence-corrected chi connectivity index (χ0v) is 21.3. The number of nitrogens with two attached hydrogens (primary N) is 1. The Morgan fingerprint density at radius 1 is 1.41 bits per heavy atom. The topological polar surface area (TPSA) is 108 Å². The van der Waals surface area contributed by atoms with Crippen LogP contribution in [-0.2, 0) is 4.79 Å². The number of imidazole rings is 1. The van der Waals surface area contributed by atoms with E-state index in [0.29, 0.717) is 18.1 Å². The predicted octanol–water partition coefficient (Wildman–Crippen LogP) is 5.94. The molecule has 7 heteroatoms. The number of unbranched alkanes of at least 4 members (excludes halogenated alkanes) is 1. The van der Waals surface area contributed by atoms with E-state index in [4.69, 9.17) is 11.1 Å². The summed E-state index contributed by atoms with van der Waals surface area (Å²) in [4.78, 5) is 17.7. The van der Waals surface area contributed by atoms with E-state index in [0.717, 1.165) is 56.6 Å². The Morgan fingerprint density at radius 2 is 2.06 bits per heavy atom. The van der Waals surface area contributed by atoms with E-state index in [1.165, 1.54) is 5.57 Å². The molecule has 2 rings (SSSR count). The average Bonchev–Trinajstić information content (AvgIpc) is 3.13. The number of carbonyl (C=O) groups excluding carboxylic acids is 1. The van der Waals surface area contributed by atoms with Gasteiger partial charge >= 0.3 is 0 Å². The minimum absolute atomic E-state index is 0.0103. The molecule has 0 aromatic carbocycles. The van der Waals surface area contributed by atoms with Crippen molar-refractivity contribution < 1.29 is 9.18 Å². The summed E-state index contributed by atoms with van der Waals surface area (Å²) in [6.45, 7) is 14.1. The van der Waals surface area contributed by atoms with Gasteiger partial charge in [-0.3, -0.25) is 4.79 Å². The molecule has 0 bridgehead atoms. The van der Waals surface area contributed by atoms with E-state index in [9.17, 15) is 9.18 Å². The number of aromatic amines is 1. The summed E-state index contributed by atoms with van der Waals surface area (Å²) in [6.07, 6.45) is 9.80. The lowest BCUT2D eigenvalue weighted by Crippen LogP contribution is -2.33. The molecule has 1 saturated heterocycles. The lowest BCUT2D eigenvalue weighted by atomic mass is 10.00. The zero-order chi connectivity index (χ0) is 24.7. The van der Waals surface area contributed by atoms with Crippen LogP contribution >= 0.6 is 0 Å². The number of amides is 1. The molecule has 1 fully saturated rings. The number of nitrogens with one attached hydrogen (secondary N) is 3. The van der Waals surface area contributed by atoms with Crippen molar-refractivity contribution in [3.8, 4) is 0 Å². The Hall–Kier alpha value is -2.02. The fourth-order valence-corrected chi connectivity index (χ4v) is 3.02. The molecule has 0 radical (unpaired) electrons. The number of halogens is 1. The summed E-state index contributed by atoms with van der Waals surface area (Å²) in [5.74, 6) is 1.78. The van der Waals surface area contributed by atoms with E-state index in [1.54, 1.807) is 27.0 Å². The first kappa shape index (κ1) is 30.0. The van der Waals surface area contributed by atoms with Crippen molar-refractivity contribution in [2.45, 2.75) is 105 Å². The van der Waals surface area contributed by atoms with Crippen molar-refractivity contribution in [3.63, 3.8) is 0 Å². The van der Waals surface area contributed by atoms with E-state index >= 15 is 0 Å². The third kappa shape index (κ3) is 16.6. The van der Waals surface area contributed by atoms with Gasteiger partial charge in [-0.1, -0.05) is 32.3 Å². The summed E-state index contributed by atoms with van der Waals surface area (Å²) in [6, 6.07) is -0.0103. The Bertz CT molecular complexity index is 695. The summed E-state index contributed by atoms with van der Waals surface area (Å²) < 4.78 is 13.2. The number of carbonyl (C=O) groups is 1. The van der Waals surface area contributed by atoms with Crippen LogP contribution < -0.4 is 11.1 Å². The molecule has 5 N–H and O–H groups in total. The highest BCUT2D eigenvalue weighted by atomic mass is 19.1.